The van der Waals surface area contributed by atoms with E-state index in [1.165, 1.54) is 11.3 Å². The van der Waals surface area contributed by atoms with Gasteiger partial charge in [0.05, 0.1) is 10.4 Å². The first-order chi connectivity index (χ1) is 11.8. The zero-order valence-electron chi connectivity index (χ0n) is 12.5. The number of aromatic nitrogens is 3. The Morgan fingerprint density at radius 3 is 2.72 bits per heavy atom. The minimum absolute atomic E-state index is 0.203. The summed E-state index contributed by atoms with van der Waals surface area (Å²) >= 11 is 11.1. The lowest BCUT2D eigenvalue weighted by Gasteiger charge is -2.05. The highest BCUT2D eigenvalue weighted by Crippen LogP contribution is 2.43. The topological polar surface area (TPSA) is 30.7 Å². The molecule has 0 unspecified atom stereocenters. The fourth-order valence-corrected chi connectivity index (χ4v) is 4.77. The van der Waals surface area contributed by atoms with Gasteiger partial charge in [0.2, 0.25) is 0 Å². The Kier molecular flexibility index (Phi) is 3.82. The van der Waals surface area contributed by atoms with Crippen LogP contribution in [0.5, 0.6) is 0 Å². The lowest BCUT2D eigenvalue weighted by Crippen LogP contribution is -2.05. The van der Waals surface area contributed by atoms with Crippen molar-refractivity contribution in [2.24, 2.45) is 7.05 Å². The van der Waals surface area contributed by atoms with Gasteiger partial charge in [-0.25, -0.2) is 9.97 Å². The molecule has 0 amide bonds. The second-order valence-electron chi connectivity index (χ2n) is 5.44. The second-order valence-corrected chi connectivity index (χ2v) is 7.73. The van der Waals surface area contributed by atoms with Crippen molar-refractivity contribution in [1.29, 1.82) is 0 Å². The van der Waals surface area contributed by atoms with E-state index >= 15 is 0 Å². The third-order valence-electron chi connectivity index (χ3n) is 3.83. The summed E-state index contributed by atoms with van der Waals surface area (Å²) in [6, 6.07) is 6.55. The molecule has 0 bridgehead atoms. The maximum Gasteiger partial charge on any atom is 0.417 e. The van der Waals surface area contributed by atoms with E-state index in [2.05, 4.69) is 25.9 Å². The van der Waals surface area contributed by atoms with Gasteiger partial charge in [0, 0.05) is 32.8 Å². The van der Waals surface area contributed by atoms with Crippen LogP contribution in [0, 0.1) is 0 Å². The van der Waals surface area contributed by atoms with Crippen LogP contribution in [0.15, 0.2) is 34.9 Å². The second kappa shape index (κ2) is 5.69. The molecule has 0 saturated heterocycles. The predicted octanol–water partition coefficient (Wildman–Crippen LogP) is 6.28. The molecule has 0 N–H and O–H groups in total. The molecule has 0 aliphatic heterocycles. The van der Waals surface area contributed by atoms with Crippen molar-refractivity contribution >= 4 is 60.1 Å². The van der Waals surface area contributed by atoms with Crippen LogP contribution in [0.1, 0.15) is 5.56 Å². The summed E-state index contributed by atoms with van der Waals surface area (Å²) in [5, 5.41) is 1.54. The van der Waals surface area contributed by atoms with Gasteiger partial charge >= 0.3 is 6.18 Å². The average molecular weight is 447 g/mol. The van der Waals surface area contributed by atoms with E-state index < -0.39 is 11.7 Å². The highest BCUT2D eigenvalue weighted by molar-refractivity contribution is 9.10. The number of aryl methyl sites for hydroxylation is 1. The Balaban J connectivity index is 1.95. The van der Waals surface area contributed by atoms with Gasteiger partial charge in [-0.3, -0.25) is 0 Å². The van der Waals surface area contributed by atoms with E-state index in [1.54, 1.807) is 17.7 Å². The standard InChI is InChI=1S/C16H8BrClF3N3S/c1-24-14-10(4-7(6-22-14)16(19,20)21)23-15(24)13-12(17)9-5-8(18)2-3-11(9)25-13/h2-6H,1H3. The molecule has 1 aromatic carbocycles. The fourth-order valence-electron chi connectivity index (χ4n) is 2.62. The van der Waals surface area contributed by atoms with Crippen molar-refractivity contribution in [1.82, 2.24) is 14.5 Å². The maximum absolute atomic E-state index is 12.9. The highest BCUT2D eigenvalue weighted by atomic mass is 79.9. The van der Waals surface area contributed by atoms with Gasteiger partial charge in [0.25, 0.3) is 0 Å². The first-order valence-corrected chi connectivity index (χ1v) is 9.02. The molecule has 9 heteroatoms. The van der Waals surface area contributed by atoms with Gasteiger partial charge in [0.1, 0.15) is 5.52 Å². The van der Waals surface area contributed by atoms with Gasteiger partial charge in [-0.1, -0.05) is 11.6 Å². The number of rotatable bonds is 1. The molecule has 0 aliphatic carbocycles. The highest BCUT2D eigenvalue weighted by Gasteiger charge is 2.32. The van der Waals surface area contributed by atoms with Crippen molar-refractivity contribution in [3.8, 4) is 10.7 Å². The van der Waals surface area contributed by atoms with Crippen LogP contribution in [0.4, 0.5) is 13.2 Å². The van der Waals surface area contributed by atoms with E-state index in [0.29, 0.717) is 16.5 Å². The summed E-state index contributed by atoms with van der Waals surface area (Å²) in [7, 11) is 1.73. The number of pyridine rings is 1. The van der Waals surface area contributed by atoms with Crippen molar-refractivity contribution in [3.63, 3.8) is 0 Å². The number of alkyl halides is 3. The first kappa shape index (κ1) is 16.8. The average Bonchev–Trinajstić information content (AvgIpc) is 3.04. The Bertz CT molecular complexity index is 1130. The minimum atomic E-state index is -4.45. The SMILES string of the molecule is Cn1c(-c2sc3ccc(Cl)cc3c2Br)nc2cc(C(F)(F)F)cnc21. The number of halogens is 5. The summed E-state index contributed by atoms with van der Waals surface area (Å²) in [4.78, 5) is 9.13. The quantitative estimate of drug-likeness (QED) is 0.344. The molecule has 0 radical (unpaired) electrons. The van der Waals surface area contributed by atoms with E-state index in [4.69, 9.17) is 11.6 Å². The lowest BCUT2D eigenvalue weighted by atomic mass is 10.2. The summed E-state index contributed by atoms with van der Waals surface area (Å²) in [5.74, 6) is 0.547. The number of hydrogen-bond acceptors (Lipinski definition) is 3. The van der Waals surface area contributed by atoms with E-state index in [0.717, 1.165) is 31.7 Å². The smallest absolute Gasteiger partial charge is 0.311 e. The number of nitrogens with zero attached hydrogens (tertiary/aromatic N) is 3. The Morgan fingerprint density at radius 2 is 2.00 bits per heavy atom. The van der Waals surface area contributed by atoms with Crippen LogP contribution in [-0.2, 0) is 13.2 Å². The summed E-state index contributed by atoms with van der Waals surface area (Å²) in [6.45, 7) is 0. The molecular formula is C16H8BrClF3N3S. The zero-order chi connectivity index (χ0) is 17.9. The lowest BCUT2D eigenvalue weighted by molar-refractivity contribution is -0.137. The molecule has 0 fully saturated rings. The largest absolute Gasteiger partial charge is 0.417 e. The molecule has 3 nitrogen and oxygen atoms in total. The summed E-state index contributed by atoms with van der Waals surface area (Å²) in [5.41, 5.74) is -0.216. The van der Waals surface area contributed by atoms with Crippen LogP contribution in [-0.4, -0.2) is 14.5 Å². The number of imidazole rings is 1. The Morgan fingerprint density at radius 1 is 1.24 bits per heavy atom. The Labute approximate surface area is 157 Å². The molecule has 3 aromatic heterocycles. The molecule has 128 valence electrons. The number of hydrogen-bond donors (Lipinski definition) is 0. The molecule has 4 aromatic rings. The first-order valence-electron chi connectivity index (χ1n) is 7.03. The van der Waals surface area contributed by atoms with E-state index in [-0.39, 0.29) is 5.52 Å². The third kappa shape index (κ3) is 2.72. The van der Waals surface area contributed by atoms with E-state index in [1.807, 2.05) is 12.1 Å². The van der Waals surface area contributed by atoms with Gasteiger partial charge in [-0.05, 0) is 40.2 Å². The van der Waals surface area contributed by atoms with Gasteiger partial charge in [0.15, 0.2) is 11.5 Å². The van der Waals surface area contributed by atoms with Crippen molar-refractivity contribution in [2.75, 3.05) is 0 Å². The molecule has 4 rings (SSSR count). The molecule has 3 heterocycles. The predicted molar refractivity (Wildman–Crippen MR) is 97.0 cm³/mol. The van der Waals surface area contributed by atoms with Crippen LogP contribution < -0.4 is 0 Å². The monoisotopic (exact) mass is 445 g/mol. The van der Waals surface area contributed by atoms with Crippen molar-refractivity contribution < 1.29 is 13.2 Å². The summed E-state index contributed by atoms with van der Waals surface area (Å²) < 4.78 is 42.2. The molecule has 0 atom stereocenters. The Hall–Kier alpha value is -1.64. The van der Waals surface area contributed by atoms with Crippen LogP contribution >= 0.6 is 38.9 Å². The van der Waals surface area contributed by atoms with Crippen molar-refractivity contribution in [3.05, 3.63) is 45.5 Å². The van der Waals surface area contributed by atoms with Crippen LogP contribution in [0.3, 0.4) is 0 Å². The summed E-state index contributed by atoms with van der Waals surface area (Å²) in [6.07, 6.45) is -3.62. The van der Waals surface area contributed by atoms with Crippen molar-refractivity contribution in [2.45, 2.75) is 6.18 Å². The zero-order valence-corrected chi connectivity index (χ0v) is 15.7. The fraction of sp³-hybridized carbons (Fsp3) is 0.125. The van der Waals surface area contributed by atoms with Gasteiger partial charge < -0.3 is 4.57 Å². The van der Waals surface area contributed by atoms with Crippen LogP contribution in [0.2, 0.25) is 5.02 Å². The third-order valence-corrected chi connectivity index (χ3v) is 6.32. The van der Waals surface area contributed by atoms with Gasteiger partial charge in [-0.15, -0.1) is 11.3 Å². The maximum atomic E-state index is 12.9. The van der Waals surface area contributed by atoms with Gasteiger partial charge in [-0.2, -0.15) is 13.2 Å². The number of fused-ring (bicyclic) bond motifs is 2. The number of benzene rings is 1. The minimum Gasteiger partial charge on any atom is -0.311 e. The molecular weight excluding hydrogens is 439 g/mol. The normalized spacial score (nSPS) is 12.4. The number of thiophene rings is 1. The molecule has 0 saturated carbocycles. The molecule has 0 spiro atoms. The van der Waals surface area contributed by atoms with Crippen LogP contribution in [0.25, 0.3) is 32.0 Å². The van der Waals surface area contributed by atoms with E-state index in [9.17, 15) is 13.2 Å². The molecule has 25 heavy (non-hydrogen) atoms. The molecule has 0 aliphatic rings.